The Hall–Kier alpha value is -8.00. The number of para-hydroxylation sites is 2. The first-order valence-corrected chi connectivity index (χ1v) is 21.2. The van der Waals surface area contributed by atoms with Crippen LogP contribution in [0.15, 0.2) is 224 Å². The van der Waals surface area contributed by atoms with E-state index in [0.717, 1.165) is 0 Å². The zero-order chi connectivity index (χ0) is 40.0. The van der Waals surface area contributed by atoms with E-state index in [0.29, 0.717) is 0 Å². The lowest BCUT2D eigenvalue weighted by Gasteiger charge is -2.19. The molecule has 0 aliphatic heterocycles. The summed E-state index contributed by atoms with van der Waals surface area (Å²) < 4.78 is 2.40. The SMILES string of the molecule is c1ccc(-c2c3ccccc3c(-c3ccc4cc5cc(-n6c7ccccc7c7ccccc76)ccc5cc4c3)c3ccc(-c4cccc5cc6ccccc6cc45)cc23)cc1. The number of rotatable bonds is 4. The second-order valence-electron chi connectivity index (χ2n) is 16.5. The summed E-state index contributed by atoms with van der Waals surface area (Å²) in [5.74, 6) is 0. The van der Waals surface area contributed by atoms with Gasteiger partial charge in [-0.05, 0) is 159 Å². The molecule has 0 bridgehead atoms. The Kier molecular flexibility index (Phi) is 7.37. The van der Waals surface area contributed by atoms with E-state index in [1.807, 2.05) is 0 Å². The Balaban J connectivity index is 1.01. The summed E-state index contributed by atoms with van der Waals surface area (Å²) in [6.45, 7) is 0. The molecule has 0 amide bonds. The van der Waals surface area contributed by atoms with Crippen LogP contribution in [0.4, 0.5) is 0 Å². The quantitative estimate of drug-likeness (QED) is 0.157. The van der Waals surface area contributed by atoms with Crippen LogP contribution in [-0.4, -0.2) is 4.57 Å². The molecule has 0 spiro atoms. The molecule has 61 heavy (non-hydrogen) atoms. The van der Waals surface area contributed by atoms with Gasteiger partial charge in [-0.15, -0.1) is 0 Å². The molecule has 1 nitrogen and oxygen atoms in total. The van der Waals surface area contributed by atoms with E-state index in [2.05, 4.69) is 229 Å². The summed E-state index contributed by atoms with van der Waals surface area (Å²) in [4.78, 5) is 0. The van der Waals surface area contributed by atoms with Gasteiger partial charge in [0.25, 0.3) is 0 Å². The van der Waals surface area contributed by atoms with Crippen molar-refractivity contribution in [2.24, 2.45) is 0 Å². The van der Waals surface area contributed by atoms with Gasteiger partial charge in [0.05, 0.1) is 11.0 Å². The number of hydrogen-bond donors (Lipinski definition) is 0. The summed E-state index contributed by atoms with van der Waals surface area (Å²) in [6, 6.07) is 83.3. The van der Waals surface area contributed by atoms with Crippen molar-refractivity contribution in [1.29, 1.82) is 0 Å². The zero-order valence-corrected chi connectivity index (χ0v) is 33.3. The Morgan fingerprint density at radius 3 is 1.49 bits per heavy atom. The topological polar surface area (TPSA) is 4.93 Å². The molecule has 0 saturated heterocycles. The standard InChI is InChI=1S/C60H37N/c1-2-13-38(14-3-1)59-52-20-6-7-21-53(52)60(54-30-28-44(37-56(54)59)49-22-12-17-43-31-39-15-4-5-16-40(39)36-55(43)49)45-26-25-41-33-47-35-48(29-27-42(47)32-46(41)34-45)61-57-23-10-8-18-50(57)51-19-9-11-24-58(51)61/h1-37H. The molecule has 1 heteroatoms. The van der Waals surface area contributed by atoms with Crippen LogP contribution in [0.25, 0.3) is 126 Å². The van der Waals surface area contributed by atoms with Gasteiger partial charge in [-0.3, -0.25) is 0 Å². The number of hydrogen-bond acceptors (Lipinski definition) is 0. The fraction of sp³-hybridized carbons (Fsp3) is 0. The maximum Gasteiger partial charge on any atom is 0.0541 e. The maximum atomic E-state index is 2.45. The van der Waals surface area contributed by atoms with Gasteiger partial charge in [0.2, 0.25) is 0 Å². The lowest BCUT2D eigenvalue weighted by molar-refractivity contribution is 1.19. The van der Waals surface area contributed by atoms with E-state index >= 15 is 0 Å². The molecule has 0 unspecified atom stereocenters. The van der Waals surface area contributed by atoms with E-state index < -0.39 is 0 Å². The van der Waals surface area contributed by atoms with Crippen molar-refractivity contribution in [2.75, 3.05) is 0 Å². The molecule has 0 fully saturated rings. The molecule has 13 aromatic rings. The summed E-state index contributed by atoms with van der Waals surface area (Å²) in [5.41, 5.74) is 11.1. The summed E-state index contributed by atoms with van der Waals surface area (Å²) in [5, 5.41) is 17.6. The molecular weight excluding hydrogens is 735 g/mol. The zero-order valence-electron chi connectivity index (χ0n) is 33.3. The fourth-order valence-electron chi connectivity index (χ4n) is 10.3. The second kappa shape index (κ2) is 13.3. The van der Waals surface area contributed by atoms with Gasteiger partial charge >= 0.3 is 0 Å². The number of fused-ring (bicyclic) bond motifs is 9. The Morgan fingerprint density at radius 1 is 0.230 bits per heavy atom. The molecule has 1 aromatic heterocycles. The molecule has 0 radical (unpaired) electrons. The van der Waals surface area contributed by atoms with E-state index in [1.165, 1.54) is 126 Å². The normalized spacial score (nSPS) is 11.9. The van der Waals surface area contributed by atoms with Crippen LogP contribution in [0.5, 0.6) is 0 Å². The second-order valence-corrected chi connectivity index (χ2v) is 16.5. The maximum absolute atomic E-state index is 2.45. The number of aromatic nitrogens is 1. The minimum absolute atomic E-state index is 1.17. The molecule has 0 N–H and O–H groups in total. The van der Waals surface area contributed by atoms with Gasteiger partial charge in [0.1, 0.15) is 0 Å². The predicted octanol–water partition coefficient (Wildman–Crippen LogP) is 16.7. The van der Waals surface area contributed by atoms with E-state index in [1.54, 1.807) is 0 Å². The third kappa shape index (κ3) is 5.27. The predicted molar refractivity (Wildman–Crippen MR) is 262 cm³/mol. The lowest BCUT2D eigenvalue weighted by Crippen LogP contribution is -1.94. The van der Waals surface area contributed by atoms with Crippen LogP contribution in [0, 0.1) is 0 Å². The van der Waals surface area contributed by atoms with E-state index in [4.69, 9.17) is 0 Å². The monoisotopic (exact) mass is 771 g/mol. The first-order valence-electron chi connectivity index (χ1n) is 21.2. The molecule has 0 aliphatic carbocycles. The van der Waals surface area contributed by atoms with Crippen LogP contribution in [0.1, 0.15) is 0 Å². The van der Waals surface area contributed by atoms with Gasteiger partial charge in [-0.25, -0.2) is 0 Å². The highest BCUT2D eigenvalue weighted by Crippen LogP contribution is 2.46. The van der Waals surface area contributed by atoms with Crippen molar-refractivity contribution in [3.05, 3.63) is 224 Å². The van der Waals surface area contributed by atoms with Crippen LogP contribution < -0.4 is 0 Å². The number of nitrogens with zero attached hydrogens (tertiary/aromatic N) is 1. The number of benzene rings is 12. The van der Waals surface area contributed by atoms with Gasteiger partial charge in [0, 0.05) is 16.5 Å². The van der Waals surface area contributed by atoms with Crippen molar-refractivity contribution in [2.45, 2.75) is 0 Å². The summed E-state index contributed by atoms with van der Waals surface area (Å²) in [7, 11) is 0. The van der Waals surface area contributed by atoms with Gasteiger partial charge in [0.15, 0.2) is 0 Å². The largest absolute Gasteiger partial charge is 0.309 e. The average Bonchev–Trinajstić information content (AvgIpc) is 3.66. The van der Waals surface area contributed by atoms with E-state index in [-0.39, 0.29) is 0 Å². The summed E-state index contributed by atoms with van der Waals surface area (Å²) >= 11 is 0. The van der Waals surface area contributed by atoms with Crippen LogP contribution in [-0.2, 0) is 0 Å². The molecule has 0 aliphatic rings. The molecular formula is C60H37N. The first kappa shape index (κ1) is 33.9. The van der Waals surface area contributed by atoms with Crippen LogP contribution in [0.2, 0.25) is 0 Å². The highest BCUT2D eigenvalue weighted by molar-refractivity contribution is 6.23. The molecule has 13 rings (SSSR count). The molecule has 282 valence electrons. The van der Waals surface area contributed by atoms with Crippen molar-refractivity contribution in [3.63, 3.8) is 0 Å². The minimum Gasteiger partial charge on any atom is -0.309 e. The van der Waals surface area contributed by atoms with Crippen molar-refractivity contribution < 1.29 is 0 Å². The van der Waals surface area contributed by atoms with Gasteiger partial charge in [-0.2, -0.15) is 0 Å². The minimum atomic E-state index is 1.17. The van der Waals surface area contributed by atoms with Crippen LogP contribution >= 0.6 is 0 Å². The summed E-state index contributed by atoms with van der Waals surface area (Å²) in [6.07, 6.45) is 0. The van der Waals surface area contributed by atoms with Crippen molar-refractivity contribution >= 4 is 86.4 Å². The van der Waals surface area contributed by atoms with Crippen molar-refractivity contribution in [3.8, 4) is 39.1 Å². The molecule has 1 heterocycles. The molecule has 0 atom stereocenters. The molecule has 12 aromatic carbocycles. The Bertz CT molecular complexity index is 3870. The third-order valence-corrected chi connectivity index (χ3v) is 13.1. The fourth-order valence-corrected chi connectivity index (χ4v) is 10.3. The lowest BCUT2D eigenvalue weighted by atomic mass is 9.84. The average molecular weight is 772 g/mol. The Labute approximate surface area is 353 Å². The first-order chi connectivity index (χ1) is 30.2. The van der Waals surface area contributed by atoms with Crippen LogP contribution in [0.3, 0.4) is 0 Å². The highest BCUT2D eigenvalue weighted by Gasteiger charge is 2.19. The smallest absolute Gasteiger partial charge is 0.0541 e. The highest BCUT2D eigenvalue weighted by atomic mass is 15.0. The van der Waals surface area contributed by atoms with Gasteiger partial charge < -0.3 is 4.57 Å². The third-order valence-electron chi connectivity index (χ3n) is 13.1. The van der Waals surface area contributed by atoms with Gasteiger partial charge in [-0.1, -0.05) is 164 Å². The van der Waals surface area contributed by atoms with Crippen molar-refractivity contribution in [1.82, 2.24) is 4.57 Å². The van der Waals surface area contributed by atoms with E-state index in [9.17, 15) is 0 Å². The Morgan fingerprint density at radius 2 is 0.754 bits per heavy atom. The molecule has 0 saturated carbocycles.